The van der Waals surface area contributed by atoms with Crippen LogP contribution in [0.15, 0.2) is 0 Å². The fraction of sp³-hybridized carbons (Fsp3) is 0.667. The summed E-state index contributed by atoms with van der Waals surface area (Å²) in [6, 6.07) is 2.52. The zero-order valence-corrected chi connectivity index (χ0v) is 7.17. The summed E-state index contributed by atoms with van der Waals surface area (Å²) < 4.78 is 0. The summed E-state index contributed by atoms with van der Waals surface area (Å²) in [5.74, 6) is 2.56. The van der Waals surface area contributed by atoms with Crippen molar-refractivity contribution in [3.63, 3.8) is 0 Å². The summed E-state index contributed by atoms with van der Waals surface area (Å²) in [4.78, 5) is 2.06. The van der Waals surface area contributed by atoms with Gasteiger partial charge in [-0.3, -0.25) is 4.90 Å². The maximum absolute atomic E-state index is 8.44. The molecule has 0 radical (unpaired) electrons. The molecule has 0 amide bonds. The predicted molar refractivity (Wildman–Crippen MR) is 45.8 cm³/mol. The normalized spacial score (nSPS) is 9.64. The second kappa shape index (κ2) is 5.77. The highest BCUT2D eigenvalue weighted by Crippen LogP contribution is 1.97. The van der Waals surface area contributed by atoms with E-state index in [0.29, 0.717) is 12.6 Å². The predicted octanol–water partition coefficient (Wildman–Crippen LogP) is 1.24. The smallest absolute Gasteiger partial charge is 0.0868 e. The third-order valence-electron chi connectivity index (χ3n) is 1.55. The first-order valence-electron chi connectivity index (χ1n) is 3.76. The third-order valence-corrected chi connectivity index (χ3v) is 1.55. The largest absolute Gasteiger partial charge is 0.287 e. The number of hydrogen-bond donors (Lipinski definition) is 0. The second-order valence-electron chi connectivity index (χ2n) is 2.68. The average molecular weight is 150 g/mol. The van der Waals surface area contributed by atoms with Gasteiger partial charge in [-0.15, -0.1) is 12.3 Å². The van der Waals surface area contributed by atoms with Crippen LogP contribution in [-0.2, 0) is 0 Å². The van der Waals surface area contributed by atoms with Crippen LogP contribution >= 0.6 is 0 Å². The van der Waals surface area contributed by atoms with Crippen molar-refractivity contribution in [1.29, 1.82) is 5.26 Å². The lowest BCUT2D eigenvalue weighted by Gasteiger charge is -2.21. The molecule has 0 bridgehead atoms. The lowest BCUT2D eigenvalue weighted by atomic mass is 10.3. The van der Waals surface area contributed by atoms with E-state index in [2.05, 4.69) is 30.7 Å². The molecule has 0 saturated carbocycles. The first-order chi connectivity index (χ1) is 5.22. The molecule has 0 aliphatic heterocycles. The Morgan fingerprint density at radius 2 is 2.18 bits per heavy atom. The second-order valence-corrected chi connectivity index (χ2v) is 2.68. The molecule has 11 heavy (non-hydrogen) atoms. The Balaban J connectivity index is 3.73. The van der Waals surface area contributed by atoms with Crippen LogP contribution in [0.5, 0.6) is 0 Å². The van der Waals surface area contributed by atoms with Crippen LogP contribution in [0.4, 0.5) is 0 Å². The van der Waals surface area contributed by atoms with Crippen LogP contribution in [-0.4, -0.2) is 24.0 Å². The summed E-state index contributed by atoms with van der Waals surface area (Å²) in [5.41, 5.74) is 0. The van der Waals surface area contributed by atoms with Gasteiger partial charge in [-0.2, -0.15) is 5.26 Å². The van der Waals surface area contributed by atoms with Gasteiger partial charge in [-0.1, -0.05) is 0 Å². The minimum absolute atomic E-state index is 0.406. The maximum Gasteiger partial charge on any atom is 0.0868 e. The minimum Gasteiger partial charge on any atom is -0.287 e. The van der Waals surface area contributed by atoms with Crippen molar-refractivity contribution in [2.45, 2.75) is 26.3 Å². The zero-order chi connectivity index (χ0) is 8.69. The van der Waals surface area contributed by atoms with Crippen LogP contribution in [0.1, 0.15) is 20.3 Å². The standard InChI is InChI=1S/C9H14N2/c1-4-5-7-11(8-6-10)9(2)3/h1,9H,5,7-8H2,2-3H3. The van der Waals surface area contributed by atoms with Crippen molar-refractivity contribution >= 4 is 0 Å². The number of hydrogen-bond acceptors (Lipinski definition) is 2. The SMILES string of the molecule is C#CCCN(CC#N)C(C)C. The van der Waals surface area contributed by atoms with Gasteiger partial charge in [0.15, 0.2) is 0 Å². The van der Waals surface area contributed by atoms with Crippen LogP contribution in [0.2, 0.25) is 0 Å². The lowest BCUT2D eigenvalue weighted by molar-refractivity contribution is 0.255. The minimum atomic E-state index is 0.406. The molecule has 0 spiro atoms. The molecule has 0 aliphatic rings. The Hall–Kier alpha value is -0.990. The van der Waals surface area contributed by atoms with Crippen LogP contribution in [0.25, 0.3) is 0 Å². The number of terminal acetylenes is 1. The van der Waals surface area contributed by atoms with Crippen molar-refractivity contribution in [1.82, 2.24) is 4.90 Å². The van der Waals surface area contributed by atoms with Crippen LogP contribution in [0.3, 0.4) is 0 Å². The molecule has 60 valence electrons. The van der Waals surface area contributed by atoms with Crippen molar-refractivity contribution in [2.24, 2.45) is 0 Å². The molecule has 0 aromatic carbocycles. The Kier molecular flexibility index (Phi) is 5.25. The topological polar surface area (TPSA) is 27.0 Å². The molecular weight excluding hydrogens is 136 g/mol. The summed E-state index contributed by atoms with van der Waals surface area (Å²) in [6.07, 6.45) is 5.84. The van der Waals surface area contributed by atoms with Gasteiger partial charge in [-0.25, -0.2) is 0 Å². The Bertz CT molecular complexity index is 171. The monoisotopic (exact) mass is 150 g/mol. The molecule has 0 atom stereocenters. The van der Waals surface area contributed by atoms with Crippen LogP contribution < -0.4 is 0 Å². The quantitative estimate of drug-likeness (QED) is 0.445. The van der Waals surface area contributed by atoms with Gasteiger partial charge in [0.2, 0.25) is 0 Å². The molecule has 0 aliphatic carbocycles. The van der Waals surface area contributed by atoms with Crippen LogP contribution in [0, 0.1) is 23.7 Å². The number of rotatable bonds is 4. The first-order valence-corrected chi connectivity index (χ1v) is 3.76. The molecule has 0 rings (SSSR count). The highest BCUT2D eigenvalue weighted by molar-refractivity contribution is 4.87. The van der Waals surface area contributed by atoms with Crippen molar-refractivity contribution in [2.75, 3.05) is 13.1 Å². The third kappa shape index (κ3) is 4.42. The van der Waals surface area contributed by atoms with E-state index in [-0.39, 0.29) is 0 Å². The van der Waals surface area contributed by atoms with E-state index in [9.17, 15) is 0 Å². The van der Waals surface area contributed by atoms with Crippen molar-refractivity contribution in [3.05, 3.63) is 0 Å². The van der Waals surface area contributed by atoms with E-state index in [0.717, 1.165) is 13.0 Å². The molecular formula is C9H14N2. The van der Waals surface area contributed by atoms with E-state index >= 15 is 0 Å². The van der Waals surface area contributed by atoms with E-state index in [1.807, 2.05) is 0 Å². The van der Waals surface area contributed by atoms with Gasteiger partial charge in [0, 0.05) is 19.0 Å². The highest BCUT2D eigenvalue weighted by atomic mass is 15.1. The highest BCUT2D eigenvalue weighted by Gasteiger charge is 2.06. The van der Waals surface area contributed by atoms with Gasteiger partial charge >= 0.3 is 0 Å². The lowest BCUT2D eigenvalue weighted by Crippen LogP contribution is -2.31. The Morgan fingerprint density at radius 1 is 1.55 bits per heavy atom. The molecule has 0 aromatic heterocycles. The summed E-state index contributed by atoms with van der Waals surface area (Å²) in [5, 5.41) is 8.44. The average Bonchev–Trinajstić information content (AvgIpc) is 1.97. The van der Waals surface area contributed by atoms with E-state index in [4.69, 9.17) is 11.7 Å². The summed E-state index contributed by atoms with van der Waals surface area (Å²) in [6.45, 7) is 5.42. The zero-order valence-electron chi connectivity index (χ0n) is 7.17. The fourth-order valence-electron chi connectivity index (χ4n) is 0.819. The van der Waals surface area contributed by atoms with Gasteiger partial charge in [-0.05, 0) is 13.8 Å². The summed E-state index contributed by atoms with van der Waals surface area (Å²) >= 11 is 0. The Labute approximate surface area is 68.8 Å². The molecule has 0 N–H and O–H groups in total. The number of nitrogens with zero attached hydrogens (tertiary/aromatic N) is 2. The van der Waals surface area contributed by atoms with E-state index < -0.39 is 0 Å². The number of nitriles is 1. The van der Waals surface area contributed by atoms with E-state index in [1.165, 1.54) is 0 Å². The van der Waals surface area contributed by atoms with Gasteiger partial charge in [0.25, 0.3) is 0 Å². The van der Waals surface area contributed by atoms with Gasteiger partial charge < -0.3 is 0 Å². The van der Waals surface area contributed by atoms with E-state index in [1.54, 1.807) is 0 Å². The molecule has 0 saturated heterocycles. The molecule has 0 aromatic rings. The van der Waals surface area contributed by atoms with Crippen molar-refractivity contribution < 1.29 is 0 Å². The molecule has 0 unspecified atom stereocenters. The summed E-state index contributed by atoms with van der Waals surface area (Å²) in [7, 11) is 0. The molecule has 2 nitrogen and oxygen atoms in total. The van der Waals surface area contributed by atoms with Gasteiger partial charge in [0.1, 0.15) is 0 Å². The van der Waals surface area contributed by atoms with Gasteiger partial charge in [0.05, 0.1) is 12.6 Å². The maximum atomic E-state index is 8.44. The van der Waals surface area contributed by atoms with Crippen molar-refractivity contribution in [3.8, 4) is 18.4 Å². The first kappa shape index (κ1) is 10.0. The molecule has 2 heteroatoms. The fourth-order valence-corrected chi connectivity index (χ4v) is 0.819. The Morgan fingerprint density at radius 3 is 2.55 bits per heavy atom. The molecule has 0 fully saturated rings. The molecule has 0 heterocycles.